The van der Waals surface area contributed by atoms with Crippen molar-refractivity contribution in [1.82, 2.24) is 5.32 Å². The summed E-state index contributed by atoms with van der Waals surface area (Å²) in [7, 11) is -3.49. The first-order chi connectivity index (χ1) is 14.5. The highest BCUT2D eigenvalue weighted by Gasteiger charge is 2.27. The minimum absolute atomic E-state index is 0.0992. The van der Waals surface area contributed by atoms with Crippen LogP contribution in [0.15, 0.2) is 36.4 Å². The van der Waals surface area contributed by atoms with Gasteiger partial charge in [-0.05, 0) is 75.3 Å². The zero-order valence-corrected chi connectivity index (χ0v) is 21.8. The maximum atomic E-state index is 12.8. The number of nitrogens with zero attached hydrogens (tertiary/aromatic N) is 1. The van der Waals surface area contributed by atoms with Crippen molar-refractivity contribution < 1.29 is 13.2 Å². The molecule has 0 aliphatic carbocycles. The van der Waals surface area contributed by atoms with E-state index in [-0.39, 0.29) is 23.4 Å². The summed E-state index contributed by atoms with van der Waals surface area (Å²) in [6.07, 6.45) is 2.08. The molecular weight excluding hydrogens is 420 g/mol. The predicted octanol–water partition coefficient (Wildman–Crippen LogP) is 5.52. The Bertz CT molecular complexity index is 1060. The monoisotopic (exact) mass is 458 g/mol. The molecule has 0 aliphatic heterocycles. The molecule has 2 aromatic carbocycles. The Balaban J connectivity index is 2.26. The van der Waals surface area contributed by atoms with E-state index < -0.39 is 10.0 Å². The third-order valence-corrected chi connectivity index (χ3v) is 6.36. The summed E-state index contributed by atoms with van der Waals surface area (Å²) in [4.78, 5) is 12.8. The summed E-state index contributed by atoms with van der Waals surface area (Å²) in [6, 6.07) is 11.1. The third-order valence-electron chi connectivity index (χ3n) is 5.25. The smallest absolute Gasteiger partial charge is 0.251 e. The average molecular weight is 459 g/mol. The number of hydrogen-bond acceptors (Lipinski definition) is 3. The summed E-state index contributed by atoms with van der Waals surface area (Å²) >= 11 is 0. The lowest BCUT2D eigenvalue weighted by molar-refractivity contribution is 0.0891. The number of carbonyl (C=O) groups excluding carboxylic acids is 1. The van der Waals surface area contributed by atoms with Gasteiger partial charge in [-0.2, -0.15) is 0 Å². The van der Waals surface area contributed by atoms with Gasteiger partial charge in [-0.25, -0.2) is 8.42 Å². The molecule has 0 atom stereocenters. The molecule has 0 aromatic heterocycles. The van der Waals surface area contributed by atoms with Gasteiger partial charge in [0.05, 0.1) is 18.5 Å². The molecule has 2 aromatic rings. The van der Waals surface area contributed by atoms with Crippen molar-refractivity contribution >= 4 is 21.6 Å². The van der Waals surface area contributed by atoms with Gasteiger partial charge < -0.3 is 5.32 Å². The van der Waals surface area contributed by atoms with Gasteiger partial charge in [-0.3, -0.25) is 9.10 Å². The first-order valence-electron chi connectivity index (χ1n) is 11.0. The molecule has 5 nitrogen and oxygen atoms in total. The van der Waals surface area contributed by atoms with Crippen molar-refractivity contribution in [3.05, 3.63) is 64.2 Å². The summed E-state index contributed by atoms with van der Waals surface area (Å²) in [5.74, 6) is -0.129. The highest BCUT2D eigenvalue weighted by atomic mass is 32.2. The van der Waals surface area contributed by atoms with E-state index in [0.29, 0.717) is 11.3 Å². The van der Waals surface area contributed by atoms with Crippen molar-refractivity contribution in [2.45, 2.75) is 73.9 Å². The van der Waals surface area contributed by atoms with E-state index in [1.54, 1.807) is 12.1 Å². The molecule has 6 heteroatoms. The topological polar surface area (TPSA) is 66.5 Å². The minimum Gasteiger partial charge on any atom is -0.347 e. The van der Waals surface area contributed by atoms with Crippen LogP contribution in [-0.4, -0.2) is 26.1 Å². The fourth-order valence-electron chi connectivity index (χ4n) is 4.60. The molecule has 0 spiro atoms. The van der Waals surface area contributed by atoms with Gasteiger partial charge in [-0.15, -0.1) is 0 Å². The normalized spacial score (nSPS) is 12.5. The van der Waals surface area contributed by atoms with E-state index in [1.165, 1.54) is 10.6 Å². The standard InChI is InChI=1S/C26H38N2O3S/c1-18-14-19(2)23(20(3)15-18)28(32(9,30)31)16-21-10-12-22(13-11-21)24(29)27-26(7,8)17-25(4,5)6/h10-15H,16-17H2,1-9H3,(H,27,29). The SMILES string of the molecule is Cc1cc(C)c(N(Cc2ccc(C(=O)NC(C)(C)CC(C)(C)C)cc2)S(C)(=O)=O)c(C)c1. The predicted molar refractivity (Wildman–Crippen MR) is 134 cm³/mol. The maximum absolute atomic E-state index is 12.8. The van der Waals surface area contributed by atoms with Crippen molar-refractivity contribution in [3.63, 3.8) is 0 Å². The quantitative estimate of drug-likeness (QED) is 0.594. The van der Waals surface area contributed by atoms with Crippen molar-refractivity contribution in [1.29, 1.82) is 0 Å². The number of benzene rings is 2. The van der Waals surface area contributed by atoms with Gasteiger partial charge >= 0.3 is 0 Å². The number of aryl methyl sites for hydroxylation is 3. The first kappa shape index (κ1) is 25.9. The molecule has 0 saturated heterocycles. The number of sulfonamides is 1. The molecule has 1 amide bonds. The van der Waals surface area contributed by atoms with E-state index in [9.17, 15) is 13.2 Å². The first-order valence-corrected chi connectivity index (χ1v) is 12.8. The molecule has 0 fully saturated rings. The fourth-order valence-corrected chi connectivity index (χ4v) is 5.61. The lowest BCUT2D eigenvalue weighted by Crippen LogP contribution is -2.45. The molecule has 1 N–H and O–H groups in total. The van der Waals surface area contributed by atoms with Crippen LogP contribution in [0.4, 0.5) is 5.69 Å². The molecule has 0 radical (unpaired) electrons. The van der Waals surface area contributed by atoms with Crippen LogP contribution in [0.5, 0.6) is 0 Å². The second kappa shape index (κ2) is 9.26. The third kappa shape index (κ3) is 7.09. The lowest BCUT2D eigenvalue weighted by Gasteiger charge is -2.33. The summed E-state index contributed by atoms with van der Waals surface area (Å²) in [5, 5.41) is 3.11. The molecule has 0 bridgehead atoms. The molecule has 0 saturated carbocycles. The summed E-state index contributed by atoms with van der Waals surface area (Å²) in [6.45, 7) is 16.6. The van der Waals surface area contributed by atoms with E-state index in [1.807, 2.05) is 58.9 Å². The molecular formula is C26H38N2O3S. The molecule has 176 valence electrons. The van der Waals surface area contributed by atoms with Gasteiger partial charge in [0.2, 0.25) is 10.0 Å². The summed E-state index contributed by atoms with van der Waals surface area (Å²) in [5.41, 5.74) is 4.80. The molecule has 32 heavy (non-hydrogen) atoms. The summed E-state index contributed by atoms with van der Waals surface area (Å²) < 4.78 is 26.7. The fraction of sp³-hybridized carbons (Fsp3) is 0.500. The number of anilines is 1. The highest BCUT2D eigenvalue weighted by Crippen LogP contribution is 2.30. The van der Waals surface area contributed by atoms with Gasteiger partial charge in [0, 0.05) is 11.1 Å². The van der Waals surface area contributed by atoms with Crippen LogP contribution < -0.4 is 9.62 Å². The van der Waals surface area contributed by atoms with E-state index >= 15 is 0 Å². The van der Waals surface area contributed by atoms with E-state index in [2.05, 4.69) is 26.1 Å². The Kier molecular flexibility index (Phi) is 7.50. The number of nitrogens with one attached hydrogen (secondary N) is 1. The number of rotatable bonds is 7. The largest absolute Gasteiger partial charge is 0.347 e. The number of hydrogen-bond donors (Lipinski definition) is 1. The zero-order valence-electron chi connectivity index (χ0n) is 21.0. The molecule has 0 aliphatic rings. The van der Waals surface area contributed by atoms with Gasteiger partial charge in [-0.1, -0.05) is 50.6 Å². The molecule has 0 unspecified atom stereocenters. The Morgan fingerprint density at radius 1 is 0.938 bits per heavy atom. The van der Waals surface area contributed by atoms with Crippen molar-refractivity contribution in [2.75, 3.05) is 10.6 Å². The Labute approximate surface area is 194 Å². The Morgan fingerprint density at radius 2 is 1.44 bits per heavy atom. The Morgan fingerprint density at radius 3 is 1.88 bits per heavy atom. The maximum Gasteiger partial charge on any atom is 0.251 e. The van der Waals surface area contributed by atoms with Gasteiger partial charge in [0.1, 0.15) is 0 Å². The van der Waals surface area contributed by atoms with Gasteiger partial charge in [0.25, 0.3) is 5.91 Å². The number of carbonyl (C=O) groups is 1. The molecule has 0 heterocycles. The van der Waals surface area contributed by atoms with Crippen molar-refractivity contribution in [2.24, 2.45) is 5.41 Å². The van der Waals surface area contributed by atoms with E-state index in [0.717, 1.165) is 28.7 Å². The van der Waals surface area contributed by atoms with E-state index in [4.69, 9.17) is 0 Å². The number of amides is 1. The highest BCUT2D eigenvalue weighted by molar-refractivity contribution is 7.92. The van der Waals surface area contributed by atoms with Crippen molar-refractivity contribution in [3.8, 4) is 0 Å². The average Bonchev–Trinajstić information content (AvgIpc) is 2.57. The minimum atomic E-state index is -3.49. The van der Waals surface area contributed by atoms with Crippen LogP contribution in [0.2, 0.25) is 0 Å². The second-order valence-electron chi connectivity index (χ2n) is 10.8. The van der Waals surface area contributed by atoms with Crippen LogP contribution >= 0.6 is 0 Å². The van der Waals surface area contributed by atoms with Crippen LogP contribution in [0.25, 0.3) is 0 Å². The van der Waals surface area contributed by atoms with Crippen LogP contribution in [0, 0.1) is 26.2 Å². The van der Waals surface area contributed by atoms with Crippen LogP contribution in [-0.2, 0) is 16.6 Å². The van der Waals surface area contributed by atoms with Crippen LogP contribution in [0.3, 0.4) is 0 Å². The van der Waals surface area contributed by atoms with Gasteiger partial charge in [0.15, 0.2) is 0 Å². The lowest BCUT2D eigenvalue weighted by atomic mass is 9.81. The molecule has 2 rings (SSSR count). The second-order valence-corrected chi connectivity index (χ2v) is 12.7. The zero-order chi connectivity index (χ0) is 24.5. The van der Waals surface area contributed by atoms with Crippen LogP contribution in [0.1, 0.15) is 73.7 Å². The Hall–Kier alpha value is -2.34.